The van der Waals surface area contributed by atoms with Crippen LogP contribution >= 0.6 is 11.3 Å². The van der Waals surface area contributed by atoms with Crippen LogP contribution in [0.3, 0.4) is 0 Å². The molecule has 4 rings (SSSR count). The summed E-state index contributed by atoms with van der Waals surface area (Å²) in [4.78, 5) is 0. The summed E-state index contributed by atoms with van der Waals surface area (Å²) in [6.45, 7) is 13.9. The van der Waals surface area contributed by atoms with E-state index in [1.165, 1.54) is 67.5 Å². The van der Waals surface area contributed by atoms with E-state index in [0.717, 1.165) is 0 Å². The molecule has 1 heterocycles. The quantitative estimate of drug-likeness (QED) is 0.245. The van der Waals surface area contributed by atoms with E-state index in [9.17, 15) is 0 Å². The number of aryl methyl sites for hydroxylation is 1. The van der Waals surface area contributed by atoms with Crippen molar-refractivity contribution >= 4 is 29.0 Å². The van der Waals surface area contributed by atoms with Gasteiger partial charge in [-0.1, -0.05) is 51.3 Å². The van der Waals surface area contributed by atoms with E-state index in [-0.39, 0.29) is 14.9 Å². The molecule has 0 aliphatic heterocycles. The SMILES string of the molecule is CC1=[C-]C(C)C(C)=C1C.Cc1[cH-]c2ccccc2c1-c1ccsc1.[CH3-].[CH3-].[Si]=[Zr]. The Bertz CT molecular complexity index is 929. The zero-order valence-corrected chi connectivity index (χ0v) is 22.4. The van der Waals surface area contributed by atoms with Gasteiger partial charge in [0.1, 0.15) is 0 Å². The molecule has 0 nitrogen and oxygen atoms in total. The van der Waals surface area contributed by atoms with E-state index in [4.69, 9.17) is 0 Å². The molecule has 1 aromatic heterocycles. The van der Waals surface area contributed by atoms with Crippen molar-refractivity contribution in [3.8, 4) is 11.1 Å². The van der Waals surface area contributed by atoms with Crippen LogP contribution in [0.5, 0.6) is 0 Å². The van der Waals surface area contributed by atoms with Crippen molar-refractivity contribution in [2.24, 2.45) is 5.92 Å². The minimum atomic E-state index is 0. The number of fused-ring (bicyclic) bond motifs is 1. The first kappa shape index (κ1) is 27.1. The molecule has 1 atom stereocenters. The van der Waals surface area contributed by atoms with E-state index in [1.54, 1.807) is 11.3 Å². The van der Waals surface area contributed by atoms with Crippen molar-refractivity contribution in [3.05, 3.63) is 90.4 Å². The van der Waals surface area contributed by atoms with E-state index in [2.05, 4.69) is 94.7 Å². The van der Waals surface area contributed by atoms with Crippen LogP contribution in [0.15, 0.2) is 63.9 Å². The molecule has 2 aromatic carbocycles. The Balaban J connectivity index is 0.000000491. The van der Waals surface area contributed by atoms with Gasteiger partial charge in [-0.2, -0.15) is 22.5 Å². The van der Waals surface area contributed by atoms with Crippen molar-refractivity contribution in [2.45, 2.75) is 34.6 Å². The second-order valence-corrected chi connectivity index (χ2v) is 7.38. The zero-order chi connectivity index (χ0) is 19.3. The van der Waals surface area contributed by atoms with Gasteiger partial charge in [0.15, 0.2) is 0 Å². The normalized spacial score (nSPS) is 14.7. The molecule has 3 heteroatoms. The van der Waals surface area contributed by atoms with Gasteiger partial charge < -0.3 is 14.9 Å². The average Bonchev–Trinajstić information content (AvgIpc) is 3.33. The zero-order valence-electron chi connectivity index (χ0n) is 18.1. The first-order valence-corrected chi connectivity index (χ1v) is 13.8. The Morgan fingerprint density at radius 2 is 1.68 bits per heavy atom. The van der Waals surface area contributed by atoms with Crippen LogP contribution in [0.25, 0.3) is 21.9 Å². The first-order valence-electron chi connectivity index (χ1n) is 8.69. The van der Waals surface area contributed by atoms with Crippen LogP contribution in [0.1, 0.15) is 33.3 Å². The average molecular weight is 482 g/mol. The fraction of sp³-hybridized carbons (Fsp3) is 0.240. The molecule has 2 radical (unpaired) electrons. The molecule has 0 bridgehead atoms. The summed E-state index contributed by atoms with van der Waals surface area (Å²) in [6.07, 6.45) is 3.36. The van der Waals surface area contributed by atoms with Gasteiger partial charge in [0.25, 0.3) is 0 Å². The monoisotopic (exact) mass is 480 g/mol. The van der Waals surface area contributed by atoms with Gasteiger partial charge in [0.05, 0.1) is 0 Å². The molecule has 1 aliphatic carbocycles. The summed E-state index contributed by atoms with van der Waals surface area (Å²) in [5.41, 5.74) is 8.36. The number of rotatable bonds is 1. The molecule has 28 heavy (non-hydrogen) atoms. The van der Waals surface area contributed by atoms with Gasteiger partial charge in [-0.05, 0) is 10.8 Å². The van der Waals surface area contributed by atoms with Crippen LogP contribution in [-0.4, -0.2) is 6.88 Å². The summed E-state index contributed by atoms with van der Waals surface area (Å²) < 4.78 is 0. The Labute approximate surface area is 193 Å². The third kappa shape index (κ3) is 6.05. The molecule has 1 unspecified atom stereocenters. The second-order valence-electron chi connectivity index (χ2n) is 6.60. The Morgan fingerprint density at radius 1 is 1.04 bits per heavy atom. The summed E-state index contributed by atoms with van der Waals surface area (Å²) in [5.74, 6) is 0.560. The van der Waals surface area contributed by atoms with Crippen molar-refractivity contribution in [3.63, 3.8) is 0 Å². The number of hydrogen-bond donors (Lipinski definition) is 0. The predicted octanol–water partition coefficient (Wildman–Crippen LogP) is 7.83. The number of hydrogen-bond acceptors (Lipinski definition) is 1. The molecule has 0 amide bonds. The van der Waals surface area contributed by atoms with Crippen LogP contribution in [0.2, 0.25) is 0 Å². The summed E-state index contributed by atoms with van der Waals surface area (Å²) >= 11 is 3.11. The summed E-state index contributed by atoms with van der Waals surface area (Å²) in [6, 6.07) is 13.0. The van der Waals surface area contributed by atoms with Crippen molar-refractivity contribution in [1.82, 2.24) is 0 Å². The van der Waals surface area contributed by atoms with Crippen molar-refractivity contribution < 1.29 is 23.3 Å². The van der Waals surface area contributed by atoms with E-state index in [0.29, 0.717) is 5.92 Å². The Morgan fingerprint density at radius 3 is 2.14 bits per heavy atom. The van der Waals surface area contributed by atoms with Crippen molar-refractivity contribution in [1.29, 1.82) is 0 Å². The molecule has 0 N–H and O–H groups in total. The van der Waals surface area contributed by atoms with Gasteiger partial charge in [0, 0.05) is 0 Å². The molecule has 0 fully saturated rings. The molecular weight excluding hydrogens is 452 g/mol. The molecule has 0 saturated heterocycles. The van der Waals surface area contributed by atoms with Crippen LogP contribution in [0.4, 0.5) is 0 Å². The third-order valence-electron chi connectivity index (χ3n) is 5.04. The summed E-state index contributed by atoms with van der Waals surface area (Å²) in [5, 5.41) is 7.07. The molecule has 3 aromatic rings. The maximum absolute atomic E-state index is 3.36. The number of thiophene rings is 1. The van der Waals surface area contributed by atoms with Crippen LogP contribution < -0.4 is 0 Å². The van der Waals surface area contributed by atoms with Gasteiger partial charge in [-0.25, -0.2) is 5.57 Å². The van der Waals surface area contributed by atoms with Gasteiger partial charge >= 0.3 is 30.2 Å². The molecule has 1 aliphatic rings. The molecule has 0 spiro atoms. The second kappa shape index (κ2) is 12.6. The maximum atomic E-state index is 3.36. The number of benzene rings is 1. The van der Waals surface area contributed by atoms with Crippen LogP contribution in [0, 0.1) is 33.8 Å². The van der Waals surface area contributed by atoms with E-state index >= 15 is 0 Å². The molecule has 148 valence electrons. The van der Waals surface area contributed by atoms with Gasteiger partial charge in [0.2, 0.25) is 0 Å². The topological polar surface area (TPSA) is 0 Å². The van der Waals surface area contributed by atoms with Crippen LogP contribution in [-0.2, 0) is 23.3 Å². The summed E-state index contributed by atoms with van der Waals surface area (Å²) in [7, 11) is 0. The Hall–Kier alpha value is -0.890. The first-order chi connectivity index (χ1) is 12.5. The third-order valence-corrected chi connectivity index (χ3v) is 5.73. The fourth-order valence-electron chi connectivity index (χ4n) is 3.32. The molecular formula is C25H30SSiZr-4. The predicted molar refractivity (Wildman–Crippen MR) is 126 cm³/mol. The van der Waals surface area contributed by atoms with E-state index in [1.807, 2.05) is 0 Å². The van der Waals surface area contributed by atoms with Crippen molar-refractivity contribution in [2.75, 3.05) is 0 Å². The standard InChI is InChI=1S/C14H11S.C9H13.2CH3.Si.Zr/c1-10-8-11-4-2-3-5-13(11)14(10)12-6-7-15-9-12;1-6-5-7(2)9(4)8(6)3;;;;/h2-9H,1H3;6H,1-4H3;2*1H3;;/q4*-1;;. The molecule has 0 saturated carbocycles. The fourth-order valence-corrected chi connectivity index (χ4v) is 3.97. The number of allylic oxidation sites excluding steroid dienone is 4. The van der Waals surface area contributed by atoms with Gasteiger partial charge in [-0.15, -0.1) is 53.1 Å². The Kier molecular flexibility index (Phi) is 12.2. The minimum absolute atomic E-state index is 0. The van der Waals surface area contributed by atoms with Gasteiger partial charge in [-0.3, -0.25) is 6.08 Å². The van der Waals surface area contributed by atoms with E-state index < -0.39 is 0 Å².